The van der Waals surface area contributed by atoms with Crippen LogP contribution in [-0.2, 0) is 17.8 Å². The van der Waals surface area contributed by atoms with Gasteiger partial charge in [-0.05, 0) is 39.7 Å². The zero-order valence-electron chi connectivity index (χ0n) is 15.6. The molecule has 1 saturated heterocycles. The number of hydrogen-bond donors (Lipinski definition) is 1. The first kappa shape index (κ1) is 19.0. The Morgan fingerprint density at radius 2 is 2.08 bits per heavy atom. The van der Waals surface area contributed by atoms with Crippen LogP contribution in [0.1, 0.15) is 44.9 Å². The van der Waals surface area contributed by atoms with Crippen LogP contribution in [0.15, 0.2) is 16.7 Å². The van der Waals surface area contributed by atoms with E-state index in [4.69, 9.17) is 4.74 Å². The second-order valence-corrected chi connectivity index (χ2v) is 9.80. The maximum absolute atomic E-state index is 12.8. The number of ether oxygens (including phenoxy) is 1. The van der Waals surface area contributed by atoms with Crippen molar-refractivity contribution < 1.29 is 19.2 Å². The van der Waals surface area contributed by atoms with Crippen LogP contribution in [-0.4, -0.2) is 56.3 Å². The van der Waals surface area contributed by atoms with E-state index in [1.807, 2.05) is 26.8 Å². The molecule has 1 unspecified atom stereocenters. The summed E-state index contributed by atoms with van der Waals surface area (Å²) in [5.74, 6) is 0.637. The quantitative estimate of drug-likeness (QED) is 0.797. The highest BCUT2D eigenvalue weighted by atomic mass is 32.2. The third-order valence-electron chi connectivity index (χ3n) is 5.13. The van der Waals surface area contributed by atoms with Gasteiger partial charge in [-0.25, -0.2) is 4.79 Å². The molecule has 0 aromatic carbocycles. The fourth-order valence-electron chi connectivity index (χ4n) is 3.53. The van der Waals surface area contributed by atoms with E-state index in [0.29, 0.717) is 38.1 Å². The van der Waals surface area contributed by atoms with E-state index in [1.54, 1.807) is 13.3 Å². The van der Waals surface area contributed by atoms with Crippen LogP contribution < -0.4 is 4.74 Å². The van der Waals surface area contributed by atoms with E-state index in [1.165, 1.54) is 4.90 Å². The Hall–Kier alpha value is -1.80. The van der Waals surface area contributed by atoms with Gasteiger partial charge in [-0.15, -0.1) is 0 Å². The SMILES string of the molecule is COc1cnc2c(c1)C(=N[S+]([O-])C(C)(C)C)C1(CCN(C(=O)O)CC1)C2. The number of amides is 1. The van der Waals surface area contributed by atoms with Gasteiger partial charge < -0.3 is 19.3 Å². The molecule has 1 N–H and O–H groups in total. The fourth-order valence-corrected chi connectivity index (χ4v) is 4.26. The summed E-state index contributed by atoms with van der Waals surface area (Å²) < 4.78 is 22.2. The second kappa shape index (κ2) is 6.74. The van der Waals surface area contributed by atoms with Gasteiger partial charge in [0.2, 0.25) is 0 Å². The molecule has 1 atom stereocenters. The summed E-state index contributed by atoms with van der Waals surface area (Å²) in [7, 11) is 1.59. The largest absolute Gasteiger partial charge is 0.591 e. The van der Waals surface area contributed by atoms with Crippen LogP contribution in [0.25, 0.3) is 0 Å². The summed E-state index contributed by atoms with van der Waals surface area (Å²) in [6, 6.07) is 1.90. The van der Waals surface area contributed by atoms with Crippen molar-refractivity contribution in [2.75, 3.05) is 20.2 Å². The molecule has 1 aliphatic carbocycles. The van der Waals surface area contributed by atoms with Crippen molar-refractivity contribution in [1.82, 2.24) is 9.88 Å². The highest BCUT2D eigenvalue weighted by Crippen LogP contribution is 2.46. The topological polar surface area (TPSA) is 98.1 Å². The first-order valence-corrected chi connectivity index (χ1v) is 9.79. The molecule has 8 heteroatoms. The Morgan fingerprint density at radius 1 is 1.42 bits per heavy atom. The van der Waals surface area contributed by atoms with Gasteiger partial charge in [-0.1, -0.05) is 4.40 Å². The van der Waals surface area contributed by atoms with E-state index in [-0.39, 0.29) is 5.41 Å². The van der Waals surface area contributed by atoms with E-state index in [0.717, 1.165) is 17.0 Å². The molecule has 0 radical (unpaired) electrons. The highest BCUT2D eigenvalue weighted by Gasteiger charge is 2.48. The second-order valence-electron chi connectivity index (χ2n) is 7.90. The van der Waals surface area contributed by atoms with E-state index >= 15 is 0 Å². The smallest absolute Gasteiger partial charge is 0.407 e. The van der Waals surface area contributed by atoms with Crippen LogP contribution in [0.2, 0.25) is 0 Å². The van der Waals surface area contributed by atoms with Gasteiger partial charge in [0.15, 0.2) is 0 Å². The minimum atomic E-state index is -1.40. The Bertz CT molecular complexity index is 736. The molecule has 1 aromatic heterocycles. The molecule has 1 spiro atoms. The van der Waals surface area contributed by atoms with E-state index < -0.39 is 22.2 Å². The lowest BCUT2D eigenvalue weighted by atomic mass is 9.75. The predicted octanol–water partition coefficient (Wildman–Crippen LogP) is 2.66. The minimum Gasteiger partial charge on any atom is -0.591 e. The number of carboxylic acid groups (broad SMARTS) is 1. The zero-order chi connectivity index (χ0) is 19.1. The van der Waals surface area contributed by atoms with Crippen molar-refractivity contribution in [3.05, 3.63) is 23.5 Å². The molecule has 0 bridgehead atoms. The molecule has 2 aliphatic rings. The van der Waals surface area contributed by atoms with Gasteiger partial charge in [0.25, 0.3) is 0 Å². The molecule has 1 aliphatic heterocycles. The van der Waals surface area contributed by atoms with Crippen LogP contribution in [0.4, 0.5) is 4.79 Å². The number of rotatable bonds is 2. The summed E-state index contributed by atoms with van der Waals surface area (Å²) in [6.07, 6.45) is 2.78. The predicted molar refractivity (Wildman–Crippen MR) is 100 cm³/mol. The lowest BCUT2D eigenvalue weighted by Gasteiger charge is -2.38. The fraction of sp³-hybridized carbons (Fsp3) is 0.611. The zero-order valence-corrected chi connectivity index (χ0v) is 16.4. The lowest BCUT2D eigenvalue weighted by molar-refractivity contribution is 0.114. The monoisotopic (exact) mass is 379 g/mol. The van der Waals surface area contributed by atoms with Crippen LogP contribution in [0.3, 0.4) is 0 Å². The number of carbonyl (C=O) groups is 1. The van der Waals surface area contributed by atoms with Gasteiger partial charge in [-0.3, -0.25) is 4.98 Å². The van der Waals surface area contributed by atoms with Crippen molar-refractivity contribution in [1.29, 1.82) is 0 Å². The molecule has 1 fully saturated rings. The summed E-state index contributed by atoms with van der Waals surface area (Å²) in [4.78, 5) is 17.2. The molecule has 1 amide bonds. The molecule has 7 nitrogen and oxygen atoms in total. The maximum atomic E-state index is 12.8. The Labute approximate surface area is 156 Å². The van der Waals surface area contributed by atoms with Crippen molar-refractivity contribution >= 4 is 23.2 Å². The summed E-state index contributed by atoms with van der Waals surface area (Å²) in [5.41, 5.74) is 2.27. The highest BCUT2D eigenvalue weighted by molar-refractivity contribution is 7.91. The number of nitrogens with zero attached hydrogens (tertiary/aromatic N) is 3. The van der Waals surface area contributed by atoms with Gasteiger partial charge in [0, 0.05) is 30.5 Å². The Balaban J connectivity index is 2.02. The van der Waals surface area contributed by atoms with E-state index in [9.17, 15) is 14.5 Å². The van der Waals surface area contributed by atoms with Crippen LogP contribution >= 0.6 is 0 Å². The average Bonchev–Trinajstić information content (AvgIpc) is 2.87. The van der Waals surface area contributed by atoms with Crippen LogP contribution in [0, 0.1) is 5.41 Å². The molecular formula is C18H25N3O4S. The molecule has 0 saturated carbocycles. The minimum absolute atomic E-state index is 0.311. The molecule has 142 valence electrons. The number of methoxy groups -OCH3 is 1. The van der Waals surface area contributed by atoms with E-state index in [2.05, 4.69) is 9.38 Å². The van der Waals surface area contributed by atoms with Crippen molar-refractivity contribution in [3.8, 4) is 5.75 Å². The van der Waals surface area contributed by atoms with Gasteiger partial charge in [-0.2, -0.15) is 0 Å². The number of pyridine rings is 1. The molecule has 26 heavy (non-hydrogen) atoms. The van der Waals surface area contributed by atoms with Crippen molar-refractivity contribution in [2.45, 2.75) is 44.8 Å². The average molecular weight is 379 g/mol. The first-order valence-electron chi connectivity index (χ1n) is 8.69. The third kappa shape index (κ3) is 3.40. The standard InChI is InChI=1S/C18H25N3O4S/c1-17(2,3)26(24)20-15-13-9-12(25-4)11-19-14(13)10-18(15)5-7-21(8-6-18)16(22)23/h9,11H,5-8,10H2,1-4H3,(H,22,23). The molecular weight excluding hydrogens is 354 g/mol. The Kier molecular flexibility index (Phi) is 4.92. The summed E-state index contributed by atoms with van der Waals surface area (Å²) in [6.45, 7) is 6.58. The first-order chi connectivity index (χ1) is 12.2. The number of aromatic nitrogens is 1. The van der Waals surface area contributed by atoms with Crippen molar-refractivity contribution in [2.24, 2.45) is 9.81 Å². The molecule has 1 aromatic rings. The summed E-state index contributed by atoms with van der Waals surface area (Å²) >= 11 is -1.40. The number of hydrogen-bond acceptors (Lipinski definition) is 5. The maximum Gasteiger partial charge on any atom is 0.407 e. The van der Waals surface area contributed by atoms with Crippen LogP contribution in [0.5, 0.6) is 5.75 Å². The number of fused-ring (bicyclic) bond motifs is 1. The van der Waals surface area contributed by atoms with Gasteiger partial charge >= 0.3 is 6.09 Å². The Morgan fingerprint density at radius 3 is 2.62 bits per heavy atom. The van der Waals surface area contributed by atoms with Gasteiger partial charge in [0.1, 0.15) is 27.6 Å². The summed E-state index contributed by atoms with van der Waals surface area (Å²) in [5, 5.41) is 9.25. The normalized spacial score (nSPS) is 21.7. The third-order valence-corrected chi connectivity index (χ3v) is 6.53. The number of likely N-dealkylation sites (tertiary alicyclic amines) is 1. The molecule has 3 rings (SSSR count). The lowest BCUT2D eigenvalue weighted by Crippen LogP contribution is -2.45. The molecule has 2 heterocycles. The number of piperidine rings is 1. The van der Waals surface area contributed by atoms with Crippen molar-refractivity contribution in [3.63, 3.8) is 0 Å². The van der Waals surface area contributed by atoms with Gasteiger partial charge in [0.05, 0.1) is 19.0 Å².